The van der Waals surface area contributed by atoms with Crippen LogP contribution in [0.5, 0.6) is 0 Å². The Kier molecular flexibility index (Phi) is 6.18. The number of carbonyl (C=O) groups is 1. The number of hydrogen-bond acceptors (Lipinski definition) is 2. The zero-order valence-electron chi connectivity index (χ0n) is 13.1. The number of ether oxygens (including phenoxy) is 1. The average molecular weight is 333 g/mol. The molecule has 0 spiro atoms. The van der Waals surface area contributed by atoms with E-state index in [2.05, 4.69) is 5.32 Å². The second-order valence-corrected chi connectivity index (χ2v) is 6.00. The van der Waals surface area contributed by atoms with Crippen LogP contribution in [0.15, 0.2) is 36.2 Å². The minimum atomic E-state index is -4.45. The number of nitrogens with one attached hydrogen (secondary N) is 1. The van der Waals surface area contributed by atoms with Crippen molar-refractivity contribution >= 4 is 6.09 Å². The highest BCUT2D eigenvalue weighted by Gasteiger charge is 2.30. The van der Waals surface area contributed by atoms with Gasteiger partial charge in [0.25, 0.3) is 0 Å². The zero-order valence-corrected chi connectivity index (χ0v) is 13.1. The van der Waals surface area contributed by atoms with E-state index in [0.717, 1.165) is 12.1 Å². The van der Waals surface area contributed by atoms with Gasteiger partial charge in [0.1, 0.15) is 5.60 Å². The summed E-state index contributed by atoms with van der Waals surface area (Å²) in [5, 5.41) is 2.36. The van der Waals surface area contributed by atoms with Gasteiger partial charge in [0, 0.05) is 6.54 Å². The predicted octanol–water partition coefficient (Wildman–Crippen LogP) is 4.63. The molecule has 0 bridgehead atoms. The Balaban J connectivity index is 2.66. The summed E-state index contributed by atoms with van der Waals surface area (Å²) in [5.41, 5.74) is -1.05. The van der Waals surface area contributed by atoms with Crippen molar-refractivity contribution < 1.29 is 27.1 Å². The van der Waals surface area contributed by atoms with Gasteiger partial charge in [0.2, 0.25) is 0 Å². The van der Waals surface area contributed by atoms with Crippen LogP contribution in [0.4, 0.5) is 22.4 Å². The molecule has 23 heavy (non-hydrogen) atoms. The largest absolute Gasteiger partial charge is 0.444 e. The normalized spacial score (nSPS) is 12.9. The van der Waals surface area contributed by atoms with Gasteiger partial charge in [-0.05, 0) is 44.4 Å². The second kappa shape index (κ2) is 7.48. The van der Waals surface area contributed by atoms with Gasteiger partial charge in [0.15, 0.2) is 0 Å². The number of carbonyl (C=O) groups excluding carboxylic acids is 1. The predicted molar refractivity (Wildman–Crippen MR) is 78.6 cm³/mol. The number of halogens is 4. The Hall–Kier alpha value is -2.05. The molecule has 3 nitrogen and oxygen atoms in total. The molecule has 0 aliphatic heterocycles. The third kappa shape index (κ3) is 7.17. The summed E-state index contributed by atoms with van der Waals surface area (Å²) >= 11 is 0. The summed E-state index contributed by atoms with van der Waals surface area (Å²) in [5.74, 6) is 0. The van der Waals surface area contributed by atoms with Gasteiger partial charge in [-0.3, -0.25) is 0 Å². The van der Waals surface area contributed by atoms with E-state index in [9.17, 15) is 22.4 Å². The summed E-state index contributed by atoms with van der Waals surface area (Å²) < 4.78 is 55.8. The van der Waals surface area contributed by atoms with Gasteiger partial charge in [0.05, 0.1) is 11.9 Å². The van der Waals surface area contributed by atoms with Crippen molar-refractivity contribution in [1.29, 1.82) is 0 Å². The van der Waals surface area contributed by atoms with Crippen molar-refractivity contribution in [2.24, 2.45) is 0 Å². The first-order chi connectivity index (χ1) is 10.5. The number of rotatable bonds is 4. The molecular weight excluding hydrogens is 314 g/mol. The number of alkyl carbamates (subject to hydrolysis) is 1. The number of benzene rings is 1. The lowest BCUT2D eigenvalue weighted by atomic mass is 10.0. The fraction of sp³-hybridized carbons (Fsp3) is 0.438. The van der Waals surface area contributed by atoms with E-state index >= 15 is 0 Å². The molecular formula is C16H19F4NO2. The SMILES string of the molecule is CC(C)(C)OC(=O)NCC(=CF)Cc1cccc(C(F)(F)F)c1. The van der Waals surface area contributed by atoms with Crippen LogP contribution >= 0.6 is 0 Å². The summed E-state index contributed by atoms with van der Waals surface area (Å²) in [6, 6.07) is 4.62. The molecule has 0 aliphatic rings. The highest BCUT2D eigenvalue weighted by atomic mass is 19.4. The molecule has 1 aromatic rings. The standard InChI is InChI=1S/C16H19F4NO2/c1-15(2,3)23-14(22)21-10-12(9-17)7-11-5-4-6-13(8-11)16(18,19)20/h4-6,8-9H,7,10H2,1-3H3,(H,21,22). The maximum atomic E-state index is 12.9. The Morgan fingerprint density at radius 2 is 1.91 bits per heavy atom. The molecule has 0 aromatic heterocycles. The lowest BCUT2D eigenvalue weighted by molar-refractivity contribution is -0.137. The Bertz CT molecular complexity index is 574. The van der Waals surface area contributed by atoms with Crippen LogP contribution in [0.1, 0.15) is 31.9 Å². The topological polar surface area (TPSA) is 38.3 Å². The minimum absolute atomic E-state index is 0.0454. The number of alkyl halides is 3. The Morgan fingerprint density at radius 3 is 2.43 bits per heavy atom. The third-order valence-electron chi connectivity index (χ3n) is 2.70. The molecule has 0 fully saturated rings. The number of hydrogen-bond donors (Lipinski definition) is 1. The van der Waals surface area contributed by atoms with Gasteiger partial charge in [-0.2, -0.15) is 13.2 Å². The zero-order chi connectivity index (χ0) is 17.7. The highest BCUT2D eigenvalue weighted by molar-refractivity contribution is 5.68. The van der Waals surface area contributed by atoms with E-state index in [4.69, 9.17) is 4.74 Å². The van der Waals surface area contributed by atoms with Crippen LogP contribution in [0, 0.1) is 0 Å². The van der Waals surface area contributed by atoms with Gasteiger partial charge in [-0.1, -0.05) is 18.2 Å². The van der Waals surface area contributed by atoms with Crippen molar-refractivity contribution in [1.82, 2.24) is 5.32 Å². The molecule has 7 heteroatoms. The Morgan fingerprint density at radius 1 is 1.26 bits per heavy atom. The lowest BCUT2D eigenvalue weighted by Crippen LogP contribution is -2.33. The van der Waals surface area contributed by atoms with E-state index in [1.54, 1.807) is 20.8 Å². The molecule has 1 N–H and O–H groups in total. The summed E-state index contributed by atoms with van der Waals surface area (Å²) in [7, 11) is 0. The van der Waals surface area contributed by atoms with E-state index in [0.29, 0.717) is 5.56 Å². The van der Waals surface area contributed by atoms with Gasteiger partial charge in [-0.15, -0.1) is 0 Å². The molecule has 0 aliphatic carbocycles. The third-order valence-corrected chi connectivity index (χ3v) is 2.70. The summed E-state index contributed by atoms with van der Waals surface area (Å²) in [6.07, 6.45) is -4.95. The molecule has 0 unspecified atom stereocenters. The first kappa shape index (κ1) is 19.0. The maximum absolute atomic E-state index is 12.9. The number of amides is 1. The van der Waals surface area contributed by atoms with Gasteiger partial charge in [-0.25, -0.2) is 9.18 Å². The Labute approximate surface area is 132 Å². The van der Waals surface area contributed by atoms with E-state index in [-0.39, 0.29) is 24.9 Å². The van der Waals surface area contributed by atoms with Crippen LogP contribution in [-0.2, 0) is 17.3 Å². The van der Waals surface area contributed by atoms with Crippen LogP contribution in [0.2, 0.25) is 0 Å². The first-order valence-corrected chi connectivity index (χ1v) is 6.92. The maximum Gasteiger partial charge on any atom is 0.416 e. The molecule has 0 radical (unpaired) electrons. The molecule has 1 rings (SSSR count). The molecule has 128 valence electrons. The molecule has 0 saturated heterocycles. The molecule has 0 atom stereocenters. The molecule has 0 heterocycles. The van der Waals surface area contributed by atoms with Crippen LogP contribution in [0.3, 0.4) is 0 Å². The van der Waals surface area contributed by atoms with Crippen LogP contribution in [0.25, 0.3) is 0 Å². The fourth-order valence-corrected chi connectivity index (χ4v) is 1.76. The van der Waals surface area contributed by atoms with Gasteiger partial charge >= 0.3 is 12.3 Å². The summed E-state index contributed by atoms with van der Waals surface area (Å²) in [4.78, 5) is 11.5. The van der Waals surface area contributed by atoms with Crippen molar-refractivity contribution in [2.75, 3.05) is 6.54 Å². The second-order valence-electron chi connectivity index (χ2n) is 6.00. The minimum Gasteiger partial charge on any atom is -0.444 e. The van der Waals surface area contributed by atoms with Crippen LogP contribution in [-0.4, -0.2) is 18.2 Å². The molecule has 0 saturated carbocycles. The monoisotopic (exact) mass is 333 g/mol. The van der Waals surface area contributed by atoms with Crippen molar-refractivity contribution in [3.63, 3.8) is 0 Å². The lowest BCUT2D eigenvalue weighted by Gasteiger charge is -2.20. The summed E-state index contributed by atoms with van der Waals surface area (Å²) in [6.45, 7) is 4.89. The smallest absolute Gasteiger partial charge is 0.416 e. The van der Waals surface area contributed by atoms with Crippen LogP contribution < -0.4 is 5.32 Å². The van der Waals surface area contributed by atoms with Crippen molar-refractivity contribution in [3.8, 4) is 0 Å². The first-order valence-electron chi connectivity index (χ1n) is 6.92. The average Bonchev–Trinajstić information content (AvgIpc) is 2.41. The van der Waals surface area contributed by atoms with Crippen molar-refractivity contribution in [3.05, 3.63) is 47.3 Å². The quantitative estimate of drug-likeness (QED) is 0.816. The molecule has 1 aromatic carbocycles. The van der Waals surface area contributed by atoms with Gasteiger partial charge < -0.3 is 10.1 Å². The molecule has 1 amide bonds. The fourth-order valence-electron chi connectivity index (χ4n) is 1.76. The highest BCUT2D eigenvalue weighted by Crippen LogP contribution is 2.29. The van der Waals surface area contributed by atoms with E-state index in [1.807, 2.05) is 0 Å². The van der Waals surface area contributed by atoms with Crippen molar-refractivity contribution in [2.45, 2.75) is 39.0 Å². The van der Waals surface area contributed by atoms with E-state index < -0.39 is 23.4 Å². The van der Waals surface area contributed by atoms with E-state index in [1.165, 1.54) is 12.1 Å².